The highest BCUT2D eigenvalue weighted by Crippen LogP contribution is 2.07. The maximum Gasteiger partial charge on any atom is 0.404 e. The predicted octanol–water partition coefficient (Wildman–Crippen LogP) is 0.307. The van der Waals surface area contributed by atoms with Crippen LogP contribution < -0.4 is 5.32 Å². The van der Waals surface area contributed by atoms with Gasteiger partial charge in [-0.05, 0) is 12.0 Å². The first-order chi connectivity index (χ1) is 8.49. The molecule has 0 bridgehead atoms. The molecule has 0 radical (unpaired) electrons. The summed E-state index contributed by atoms with van der Waals surface area (Å²) >= 11 is 0. The summed E-state index contributed by atoms with van der Waals surface area (Å²) in [7, 11) is 0. The molecule has 1 rings (SSSR count). The zero-order valence-corrected chi connectivity index (χ0v) is 9.60. The molecule has 18 heavy (non-hydrogen) atoms. The van der Waals surface area contributed by atoms with Gasteiger partial charge in [0.2, 0.25) is 0 Å². The van der Waals surface area contributed by atoms with E-state index in [1.165, 1.54) is 0 Å². The Hall–Kier alpha value is -1.67. The van der Waals surface area contributed by atoms with Gasteiger partial charge in [-0.2, -0.15) is 0 Å². The van der Waals surface area contributed by atoms with E-state index in [0.29, 0.717) is 0 Å². The monoisotopic (exact) mass is 256 g/mol. The van der Waals surface area contributed by atoms with Crippen LogP contribution in [0.1, 0.15) is 5.56 Å². The number of hydroxylamine groups is 2. The van der Waals surface area contributed by atoms with Crippen LogP contribution in [0, 0.1) is 0 Å². The van der Waals surface area contributed by atoms with E-state index in [9.17, 15) is 9.90 Å². The van der Waals surface area contributed by atoms with Crippen LogP contribution in [0.15, 0.2) is 30.3 Å². The number of nitrogens with zero attached hydrogens (tertiary/aromatic N) is 1. The van der Waals surface area contributed by atoms with Gasteiger partial charge in [-0.1, -0.05) is 35.6 Å². The third-order valence-electron chi connectivity index (χ3n) is 2.42. The van der Waals surface area contributed by atoms with Crippen LogP contribution in [0.3, 0.4) is 0 Å². The summed E-state index contributed by atoms with van der Waals surface area (Å²) in [6.45, 7) is -0.474. The molecule has 0 heterocycles. The summed E-state index contributed by atoms with van der Waals surface area (Å²) in [5.41, 5.74) is 0.831. The Labute approximate surface area is 104 Å². The van der Waals surface area contributed by atoms with Crippen LogP contribution >= 0.6 is 0 Å². The van der Waals surface area contributed by atoms with Gasteiger partial charge in [0, 0.05) is 0 Å². The van der Waals surface area contributed by atoms with E-state index in [0.717, 1.165) is 5.56 Å². The van der Waals surface area contributed by atoms with Crippen molar-refractivity contribution in [3.63, 3.8) is 0 Å². The Morgan fingerprint density at radius 1 is 1.28 bits per heavy atom. The maximum atomic E-state index is 10.6. The Morgan fingerprint density at radius 2 is 1.89 bits per heavy atom. The van der Waals surface area contributed by atoms with Crippen molar-refractivity contribution in [3.05, 3.63) is 35.9 Å². The summed E-state index contributed by atoms with van der Waals surface area (Å²) in [6, 6.07) is 8.17. The number of carboxylic acid groups (broad SMARTS) is 1. The van der Waals surface area contributed by atoms with Gasteiger partial charge in [-0.25, -0.2) is 4.79 Å². The highest BCUT2D eigenvalue weighted by atomic mass is 16.8. The molecular weight excluding hydrogens is 240 g/mol. The lowest BCUT2D eigenvalue weighted by Crippen LogP contribution is -2.48. The van der Waals surface area contributed by atoms with Crippen molar-refractivity contribution in [1.29, 1.82) is 0 Å². The van der Waals surface area contributed by atoms with Gasteiger partial charge in [0.25, 0.3) is 0 Å². The lowest BCUT2D eigenvalue weighted by atomic mass is 10.0. The fourth-order valence-electron chi connectivity index (χ4n) is 1.60. The molecule has 0 unspecified atom stereocenters. The molecule has 100 valence electrons. The van der Waals surface area contributed by atoms with Crippen LogP contribution in [-0.4, -0.2) is 50.6 Å². The van der Waals surface area contributed by atoms with Gasteiger partial charge < -0.3 is 15.5 Å². The van der Waals surface area contributed by atoms with Crippen molar-refractivity contribution < 1.29 is 25.4 Å². The molecule has 1 aromatic carbocycles. The molecule has 0 aliphatic carbocycles. The second-order valence-electron chi connectivity index (χ2n) is 3.87. The highest BCUT2D eigenvalue weighted by Gasteiger charge is 2.23. The van der Waals surface area contributed by atoms with E-state index >= 15 is 0 Å². The Kier molecular flexibility index (Phi) is 5.53. The van der Waals surface area contributed by atoms with Gasteiger partial charge in [0.15, 0.2) is 0 Å². The second-order valence-corrected chi connectivity index (χ2v) is 3.87. The summed E-state index contributed by atoms with van der Waals surface area (Å²) in [5.74, 6) is 0. The van der Waals surface area contributed by atoms with Gasteiger partial charge in [-0.15, -0.1) is 0 Å². The number of hydrogen-bond acceptors (Lipinski definition) is 5. The number of rotatable bonds is 6. The number of benzene rings is 1. The zero-order valence-electron chi connectivity index (χ0n) is 9.60. The predicted molar refractivity (Wildman–Crippen MR) is 61.4 cm³/mol. The van der Waals surface area contributed by atoms with Crippen molar-refractivity contribution in [1.82, 2.24) is 10.5 Å². The van der Waals surface area contributed by atoms with E-state index in [1.807, 2.05) is 6.07 Å². The molecular formula is C11H16N2O5. The average molecular weight is 256 g/mol. The van der Waals surface area contributed by atoms with Gasteiger partial charge in [0.05, 0.1) is 18.7 Å². The molecule has 1 aromatic rings. The number of nitrogens with one attached hydrogen (secondary N) is 1. The quantitative estimate of drug-likeness (QED) is 0.468. The third kappa shape index (κ3) is 5.11. The first kappa shape index (κ1) is 14.4. The number of hydrogen-bond donors (Lipinski definition) is 5. The number of carbonyl (C=O) groups is 1. The number of aliphatic hydroxyl groups excluding tert-OH is 1. The van der Waals surface area contributed by atoms with Crippen molar-refractivity contribution in [2.45, 2.75) is 18.6 Å². The standard InChI is InChI=1S/C11H16N2O5/c14-10(7-13(17)18)9(12-11(15)16)6-8-4-2-1-3-5-8/h1-5,9-10,12,14,17-18H,6-7H2,(H,15,16)/t9-,10-/m1/s1. The smallest absolute Gasteiger partial charge is 0.404 e. The van der Waals surface area contributed by atoms with Crippen molar-refractivity contribution in [3.8, 4) is 0 Å². The fourth-order valence-corrected chi connectivity index (χ4v) is 1.60. The molecule has 5 N–H and O–H groups in total. The summed E-state index contributed by atoms with van der Waals surface area (Å²) in [5, 5.41) is 37.6. The van der Waals surface area contributed by atoms with Crippen LogP contribution in [0.4, 0.5) is 4.79 Å². The summed E-state index contributed by atoms with van der Waals surface area (Å²) in [4.78, 5) is 10.6. The lowest BCUT2D eigenvalue weighted by molar-refractivity contribution is -0.316. The summed E-state index contributed by atoms with van der Waals surface area (Å²) in [6.07, 6.45) is -2.27. The van der Waals surface area contributed by atoms with Crippen LogP contribution in [0.25, 0.3) is 0 Å². The summed E-state index contributed by atoms with van der Waals surface area (Å²) < 4.78 is 0. The normalized spacial score (nSPS) is 14.2. The average Bonchev–Trinajstić information content (AvgIpc) is 2.28. The van der Waals surface area contributed by atoms with Gasteiger partial charge >= 0.3 is 6.09 Å². The van der Waals surface area contributed by atoms with Crippen molar-refractivity contribution in [2.75, 3.05) is 6.54 Å². The minimum atomic E-state index is -1.28. The molecule has 0 spiro atoms. The molecule has 0 aliphatic rings. The topological polar surface area (TPSA) is 113 Å². The zero-order chi connectivity index (χ0) is 13.5. The van der Waals surface area contributed by atoms with Gasteiger partial charge in [-0.3, -0.25) is 10.4 Å². The molecule has 0 fully saturated rings. The number of amides is 1. The molecule has 1 amide bonds. The van der Waals surface area contributed by atoms with Crippen molar-refractivity contribution in [2.24, 2.45) is 0 Å². The first-order valence-electron chi connectivity index (χ1n) is 5.35. The molecule has 0 aromatic heterocycles. The van der Waals surface area contributed by atoms with E-state index in [-0.39, 0.29) is 11.6 Å². The first-order valence-corrected chi connectivity index (χ1v) is 5.35. The highest BCUT2D eigenvalue weighted by molar-refractivity contribution is 5.65. The third-order valence-corrected chi connectivity index (χ3v) is 2.42. The van der Waals surface area contributed by atoms with Crippen LogP contribution in [-0.2, 0) is 6.42 Å². The number of aliphatic hydroxyl groups is 1. The largest absolute Gasteiger partial charge is 0.465 e. The Balaban J connectivity index is 2.69. The van der Waals surface area contributed by atoms with E-state index in [1.54, 1.807) is 24.3 Å². The fraction of sp³-hybridized carbons (Fsp3) is 0.364. The Bertz CT molecular complexity index is 371. The molecule has 2 atom stereocenters. The molecule has 7 nitrogen and oxygen atoms in total. The Morgan fingerprint density at radius 3 is 2.39 bits per heavy atom. The van der Waals surface area contributed by atoms with Crippen molar-refractivity contribution >= 4 is 6.09 Å². The minimum absolute atomic E-state index is 0.174. The van der Waals surface area contributed by atoms with E-state index < -0.39 is 24.8 Å². The molecule has 0 aliphatic heterocycles. The SMILES string of the molecule is O=C(O)N[C@H](Cc1ccccc1)[C@H](O)CN(O)O. The minimum Gasteiger partial charge on any atom is -0.465 e. The molecule has 0 saturated carbocycles. The van der Waals surface area contributed by atoms with E-state index in [4.69, 9.17) is 15.5 Å². The van der Waals surface area contributed by atoms with Gasteiger partial charge in [0.1, 0.15) is 0 Å². The lowest BCUT2D eigenvalue weighted by Gasteiger charge is -2.23. The van der Waals surface area contributed by atoms with E-state index in [2.05, 4.69) is 5.32 Å². The van der Waals surface area contributed by atoms with Crippen LogP contribution in [0.2, 0.25) is 0 Å². The second kappa shape index (κ2) is 6.92. The molecule has 0 saturated heterocycles. The molecule has 7 heteroatoms. The van der Waals surface area contributed by atoms with Crippen LogP contribution in [0.5, 0.6) is 0 Å². The maximum absolute atomic E-state index is 10.6.